The van der Waals surface area contributed by atoms with Crippen molar-refractivity contribution >= 4 is 0 Å². The molecule has 1 atom stereocenters. The molecule has 88 valence electrons. The Morgan fingerprint density at radius 3 is 2.29 bits per heavy atom. The summed E-state index contributed by atoms with van der Waals surface area (Å²) in [5, 5.41) is 0. The van der Waals surface area contributed by atoms with Gasteiger partial charge in [-0.3, -0.25) is 0 Å². The van der Waals surface area contributed by atoms with Gasteiger partial charge in [0.25, 0.3) is 0 Å². The van der Waals surface area contributed by atoms with E-state index in [-0.39, 0.29) is 11.9 Å². The first-order valence-electron chi connectivity index (χ1n) is 5.81. The summed E-state index contributed by atoms with van der Waals surface area (Å²) in [6, 6.07) is 16.6. The molecule has 17 heavy (non-hydrogen) atoms. The number of hydrogen-bond acceptors (Lipinski definition) is 1. The lowest BCUT2D eigenvalue weighted by atomic mass is 9.99. The SMILES string of the molecule is N[C@H](CCc1ccccc1)c1ccccc1F. The number of rotatable bonds is 4. The van der Waals surface area contributed by atoms with Crippen molar-refractivity contribution in [3.05, 3.63) is 71.5 Å². The maximum absolute atomic E-state index is 13.5. The molecule has 2 N–H and O–H groups in total. The monoisotopic (exact) mass is 229 g/mol. The van der Waals surface area contributed by atoms with E-state index in [1.807, 2.05) is 24.3 Å². The highest BCUT2D eigenvalue weighted by molar-refractivity contribution is 5.21. The first-order valence-corrected chi connectivity index (χ1v) is 5.81. The summed E-state index contributed by atoms with van der Waals surface area (Å²) in [6.45, 7) is 0. The zero-order chi connectivity index (χ0) is 12.1. The molecule has 0 fully saturated rings. The molecule has 2 rings (SSSR count). The Labute approximate surface area is 101 Å². The molecule has 2 aromatic carbocycles. The third-order valence-electron chi connectivity index (χ3n) is 2.89. The molecule has 0 spiro atoms. The summed E-state index contributed by atoms with van der Waals surface area (Å²) in [6.07, 6.45) is 1.63. The number of aryl methyl sites for hydroxylation is 1. The van der Waals surface area contributed by atoms with Gasteiger partial charge < -0.3 is 5.73 Å². The van der Waals surface area contributed by atoms with Gasteiger partial charge in [0.1, 0.15) is 5.82 Å². The van der Waals surface area contributed by atoms with Gasteiger partial charge in [0, 0.05) is 11.6 Å². The topological polar surface area (TPSA) is 26.0 Å². The van der Waals surface area contributed by atoms with Crippen molar-refractivity contribution in [1.82, 2.24) is 0 Å². The van der Waals surface area contributed by atoms with Gasteiger partial charge in [-0.2, -0.15) is 0 Å². The number of benzene rings is 2. The standard InChI is InChI=1S/C15H16FN/c16-14-9-5-4-8-13(14)15(17)11-10-12-6-2-1-3-7-12/h1-9,15H,10-11,17H2/t15-/m1/s1. The zero-order valence-electron chi connectivity index (χ0n) is 9.64. The van der Waals surface area contributed by atoms with Crippen LogP contribution in [0.2, 0.25) is 0 Å². The van der Waals surface area contributed by atoms with Crippen LogP contribution < -0.4 is 5.73 Å². The van der Waals surface area contributed by atoms with Crippen molar-refractivity contribution in [2.45, 2.75) is 18.9 Å². The van der Waals surface area contributed by atoms with Crippen molar-refractivity contribution in [3.63, 3.8) is 0 Å². The molecule has 0 saturated heterocycles. The second-order valence-corrected chi connectivity index (χ2v) is 4.15. The second-order valence-electron chi connectivity index (χ2n) is 4.15. The highest BCUT2D eigenvalue weighted by Gasteiger charge is 2.10. The van der Waals surface area contributed by atoms with Crippen molar-refractivity contribution in [1.29, 1.82) is 0 Å². The van der Waals surface area contributed by atoms with E-state index < -0.39 is 0 Å². The van der Waals surface area contributed by atoms with Crippen LogP contribution in [0.15, 0.2) is 54.6 Å². The third kappa shape index (κ3) is 3.14. The molecule has 0 radical (unpaired) electrons. The zero-order valence-corrected chi connectivity index (χ0v) is 9.64. The van der Waals surface area contributed by atoms with E-state index >= 15 is 0 Å². The molecular weight excluding hydrogens is 213 g/mol. The van der Waals surface area contributed by atoms with Gasteiger partial charge in [-0.25, -0.2) is 4.39 Å². The Kier molecular flexibility index (Phi) is 3.89. The van der Waals surface area contributed by atoms with E-state index in [0.29, 0.717) is 5.56 Å². The minimum Gasteiger partial charge on any atom is -0.324 e. The Bertz CT molecular complexity index is 467. The molecule has 0 unspecified atom stereocenters. The summed E-state index contributed by atoms with van der Waals surface area (Å²) in [7, 11) is 0. The summed E-state index contributed by atoms with van der Waals surface area (Å²) >= 11 is 0. The minimum absolute atomic E-state index is 0.215. The van der Waals surface area contributed by atoms with Crippen LogP contribution >= 0.6 is 0 Å². The summed E-state index contributed by atoms with van der Waals surface area (Å²) in [4.78, 5) is 0. The Morgan fingerprint density at radius 2 is 1.59 bits per heavy atom. The number of nitrogens with two attached hydrogens (primary N) is 1. The predicted molar refractivity (Wildman–Crippen MR) is 68.1 cm³/mol. The van der Waals surface area contributed by atoms with Gasteiger partial charge >= 0.3 is 0 Å². The fourth-order valence-electron chi connectivity index (χ4n) is 1.90. The normalized spacial score (nSPS) is 12.4. The molecule has 0 aromatic heterocycles. The highest BCUT2D eigenvalue weighted by atomic mass is 19.1. The van der Waals surface area contributed by atoms with E-state index in [1.165, 1.54) is 11.6 Å². The van der Waals surface area contributed by atoms with E-state index in [4.69, 9.17) is 5.73 Å². The van der Waals surface area contributed by atoms with Crippen LogP contribution in [0.4, 0.5) is 4.39 Å². The molecule has 2 heteroatoms. The van der Waals surface area contributed by atoms with Crippen LogP contribution in [-0.4, -0.2) is 0 Å². The molecule has 0 amide bonds. The summed E-state index contributed by atoms with van der Waals surface area (Å²) in [5.74, 6) is -0.215. The van der Waals surface area contributed by atoms with Crippen molar-refractivity contribution in [2.75, 3.05) is 0 Å². The summed E-state index contributed by atoms with van der Waals surface area (Å²) < 4.78 is 13.5. The van der Waals surface area contributed by atoms with E-state index in [1.54, 1.807) is 12.1 Å². The molecule has 0 aliphatic rings. The fraction of sp³-hybridized carbons (Fsp3) is 0.200. The molecule has 0 aliphatic carbocycles. The van der Waals surface area contributed by atoms with E-state index in [9.17, 15) is 4.39 Å². The van der Waals surface area contributed by atoms with E-state index in [0.717, 1.165) is 12.8 Å². The molecule has 0 bridgehead atoms. The third-order valence-corrected chi connectivity index (χ3v) is 2.89. The number of hydrogen-bond donors (Lipinski definition) is 1. The Balaban J connectivity index is 1.99. The van der Waals surface area contributed by atoms with Gasteiger partial charge in [-0.15, -0.1) is 0 Å². The first-order chi connectivity index (χ1) is 8.27. The maximum atomic E-state index is 13.5. The van der Waals surface area contributed by atoms with Crippen molar-refractivity contribution in [3.8, 4) is 0 Å². The lowest BCUT2D eigenvalue weighted by molar-refractivity contribution is 0.564. The Morgan fingerprint density at radius 1 is 0.941 bits per heavy atom. The van der Waals surface area contributed by atoms with Crippen LogP contribution in [0, 0.1) is 5.82 Å². The average molecular weight is 229 g/mol. The maximum Gasteiger partial charge on any atom is 0.127 e. The lowest BCUT2D eigenvalue weighted by Crippen LogP contribution is -2.13. The van der Waals surface area contributed by atoms with Crippen LogP contribution in [0.3, 0.4) is 0 Å². The molecule has 2 aromatic rings. The fourth-order valence-corrected chi connectivity index (χ4v) is 1.90. The molecule has 0 heterocycles. The van der Waals surface area contributed by atoms with Crippen LogP contribution in [-0.2, 0) is 6.42 Å². The van der Waals surface area contributed by atoms with Crippen LogP contribution in [0.25, 0.3) is 0 Å². The smallest absolute Gasteiger partial charge is 0.127 e. The van der Waals surface area contributed by atoms with E-state index in [2.05, 4.69) is 12.1 Å². The van der Waals surface area contributed by atoms with Gasteiger partial charge in [-0.05, 0) is 24.5 Å². The highest BCUT2D eigenvalue weighted by Crippen LogP contribution is 2.19. The largest absolute Gasteiger partial charge is 0.324 e. The van der Waals surface area contributed by atoms with Gasteiger partial charge in [-0.1, -0.05) is 48.5 Å². The second kappa shape index (κ2) is 5.60. The summed E-state index contributed by atoms with van der Waals surface area (Å²) in [5.41, 5.74) is 7.84. The van der Waals surface area contributed by atoms with Gasteiger partial charge in [0.05, 0.1) is 0 Å². The molecule has 1 nitrogen and oxygen atoms in total. The molecule has 0 saturated carbocycles. The minimum atomic E-state index is -0.239. The predicted octanol–water partition coefficient (Wildman–Crippen LogP) is 3.46. The van der Waals surface area contributed by atoms with Gasteiger partial charge in [0.2, 0.25) is 0 Å². The van der Waals surface area contributed by atoms with Crippen LogP contribution in [0.1, 0.15) is 23.6 Å². The average Bonchev–Trinajstić information content (AvgIpc) is 2.38. The quantitative estimate of drug-likeness (QED) is 0.853. The van der Waals surface area contributed by atoms with Crippen molar-refractivity contribution < 1.29 is 4.39 Å². The molecular formula is C15H16FN. The Hall–Kier alpha value is -1.67. The number of halogens is 1. The van der Waals surface area contributed by atoms with Gasteiger partial charge in [0.15, 0.2) is 0 Å². The lowest BCUT2D eigenvalue weighted by Gasteiger charge is -2.12. The molecule has 0 aliphatic heterocycles. The van der Waals surface area contributed by atoms with Crippen molar-refractivity contribution in [2.24, 2.45) is 5.73 Å². The van der Waals surface area contributed by atoms with Crippen LogP contribution in [0.5, 0.6) is 0 Å². The first kappa shape index (κ1) is 11.8.